The maximum absolute atomic E-state index is 9.48. The van der Waals surface area contributed by atoms with Gasteiger partial charge in [-0.1, -0.05) is 5.16 Å². The summed E-state index contributed by atoms with van der Waals surface area (Å²) in [5.41, 5.74) is 8.02. The van der Waals surface area contributed by atoms with Crippen molar-refractivity contribution in [2.45, 2.75) is 0 Å². The molecule has 17 heavy (non-hydrogen) atoms. The highest BCUT2D eigenvalue weighted by atomic mass is 16.5. The summed E-state index contributed by atoms with van der Waals surface area (Å²) in [6, 6.07) is 7.15. The lowest BCUT2D eigenvalue weighted by Gasteiger charge is -2.01. The molecule has 0 amide bonds. The Kier molecular flexibility index (Phi) is 1.89. The topological polar surface area (TPSA) is 77.2 Å². The van der Waals surface area contributed by atoms with Crippen molar-refractivity contribution in [3.63, 3.8) is 0 Å². The number of anilines is 1. The van der Waals surface area contributed by atoms with Gasteiger partial charge in [0.1, 0.15) is 11.4 Å². The standard InChI is InChI=1S/C12H11N3O2/c1-15-10-5-8(16)3-2-7(10)4-11(15)12-9(13)6-14-17-12/h2-6,16H,13H2,1H3. The molecule has 2 aromatic heterocycles. The molecule has 0 aliphatic heterocycles. The lowest BCUT2D eigenvalue weighted by Crippen LogP contribution is -1.92. The van der Waals surface area contributed by atoms with Crippen LogP contribution in [0.15, 0.2) is 35.0 Å². The van der Waals surface area contributed by atoms with Gasteiger partial charge in [0.2, 0.25) is 5.76 Å². The number of nitrogens with zero attached hydrogens (tertiary/aromatic N) is 2. The summed E-state index contributed by atoms with van der Waals surface area (Å²) in [6.45, 7) is 0. The number of rotatable bonds is 1. The predicted molar refractivity (Wildman–Crippen MR) is 64.5 cm³/mol. The Labute approximate surface area is 97.1 Å². The molecule has 3 aromatic rings. The minimum Gasteiger partial charge on any atom is -0.508 e. The fourth-order valence-corrected chi connectivity index (χ4v) is 1.98. The molecule has 0 spiro atoms. The molecule has 0 aliphatic carbocycles. The van der Waals surface area contributed by atoms with Crippen LogP contribution >= 0.6 is 0 Å². The smallest absolute Gasteiger partial charge is 0.206 e. The molecule has 0 unspecified atom stereocenters. The van der Waals surface area contributed by atoms with Gasteiger partial charge in [0.25, 0.3) is 0 Å². The van der Waals surface area contributed by atoms with Crippen LogP contribution in [-0.4, -0.2) is 14.8 Å². The first-order chi connectivity index (χ1) is 8.16. The monoisotopic (exact) mass is 229 g/mol. The number of nitrogens with two attached hydrogens (primary N) is 1. The molecular formula is C12H11N3O2. The quantitative estimate of drug-likeness (QED) is 0.670. The first-order valence-electron chi connectivity index (χ1n) is 5.16. The number of benzene rings is 1. The van der Waals surface area contributed by atoms with Crippen molar-refractivity contribution in [2.24, 2.45) is 7.05 Å². The average Bonchev–Trinajstić information content (AvgIpc) is 2.84. The van der Waals surface area contributed by atoms with Crippen LogP contribution < -0.4 is 5.73 Å². The highest BCUT2D eigenvalue weighted by Gasteiger charge is 2.14. The van der Waals surface area contributed by atoms with Gasteiger partial charge in [-0.05, 0) is 18.2 Å². The zero-order valence-electron chi connectivity index (χ0n) is 9.21. The Bertz CT molecular complexity index is 697. The van der Waals surface area contributed by atoms with E-state index in [2.05, 4.69) is 5.16 Å². The van der Waals surface area contributed by atoms with E-state index in [0.717, 1.165) is 16.6 Å². The molecule has 0 bridgehead atoms. The zero-order chi connectivity index (χ0) is 12.0. The van der Waals surface area contributed by atoms with Crippen molar-refractivity contribution in [2.75, 3.05) is 5.73 Å². The third kappa shape index (κ3) is 1.36. The summed E-state index contributed by atoms with van der Waals surface area (Å²) in [5.74, 6) is 0.777. The van der Waals surface area contributed by atoms with Gasteiger partial charge >= 0.3 is 0 Å². The van der Waals surface area contributed by atoms with Crippen molar-refractivity contribution in [1.82, 2.24) is 9.72 Å². The van der Waals surface area contributed by atoms with E-state index in [0.29, 0.717) is 11.4 Å². The molecule has 3 rings (SSSR count). The van der Waals surface area contributed by atoms with Gasteiger partial charge in [0.15, 0.2) is 0 Å². The zero-order valence-corrected chi connectivity index (χ0v) is 9.21. The fraction of sp³-hybridized carbons (Fsp3) is 0.0833. The molecule has 0 saturated heterocycles. The first-order valence-corrected chi connectivity index (χ1v) is 5.16. The van der Waals surface area contributed by atoms with Gasteiger partial charge in [0, 0.05) is 18.5 Å². The van der Waals surface area contributed by atoms with Crippen LogP contribution in [0, 0.1) is 0 Å². The first kappa shape index (κ1) is 9.77. The van der Waals surface area contributed by atoms with Crippen LogP contribution in [0.1, 0.15) is 0 Å². The summed E-state index contributed by atoms with van der Waals surface area (Å²) in [5, 5.41) is 14.1. The van der Waals surface area contributed by atoms with E-state index in [1.807, 2.05) is 23.7 Å². The predicted octanol–water partition coefficient (Wildman–Crippen LogP) is 2.12. The number of hydrogen-bond acceptors (Lipinski definition) is 4. The summed E-state index contributed by atoms with van der Waals surface area (Å²) in [4.78, 5) is 0. The van der Waals surface area contributed by atoms with E-state index >= 15 is 0 Å². The molecular weight excluding hydrogens is 218 g/mol. The lowest BCUT2D eigenvalue weighted by atomic mass is 10.2. The molecule has 2 heterocycles. The second kappa shape index (κ2) is 3.28. The van der Waals surface area contributed by atoms with Gasteiger partial charge in [-0.3, -0.25) is 0 Å². The van der Waals surface area contributed by atoms with Gasteiger partial charge in [-0.25, -0.2) is 0 Å². The second-order valence-electron chi connectivity index (χ2n) is 3.94. The summed E-state index contributed by atoms with van der Waals surface area (Å²) < 4.78 is 7.04. The highest BCUT2D eigenvalue weighted by Crippen LogP contribution is 2.31. The third-order valence-electron chi connectivity index (χ3n) is 2.86. The minimum atomic E-state index is 0.232. The van der Waals surface area contributed by atoms with Crippen molar-refractivity contribution in [3.8, 4) is 17.2 Å². The SMILES string of the molecule is Cn1c(-c2oncc2N)cc2ccc(O)cc21. The van der Waals surface area contributed by atoms with E-state index < -0.39 is 0 Å². The molecule has 0 fully saturated rings. The molecule has 1 aromatic carbocycles. The number of fused-ring (bicyclic) bond motifs is 1. The van der Waals surface area contributed by atoms with Gasteiger partial charge in [-0.15, -0.1) is 0 Å². The number of hydrogen-bond donors (Lipinski definition) is 2. The summed E-state index contributed by atoms with van der Waals surface area (Å²) in [7, 11) is 1.89. The average molecular weight is 229 g/mol. The van der Waals surface area contributed by atoms with Gasteiger partial charge in [-0.2, -0.15) is 0 Å². The largest absolute Gasteiger partial charge is 0.508 e. The second-order valence-corrected chi connectivity index (χ2v) is 3.94. The molecule has 0 aliphatic rings. The Morgan fingerprint density at radius 3 is 2.88 bits per heavy atom. The number of phenolic OH excluding ortho intramolecular Hbond substituents is 1. The Morgan fingerprint density at radius 2 is 2.18 bits per heavy atom. The lowest BCUT2D eigenvalue weighted by molar-refractivity contribution is 0.430. The van der Waals surface area contributed by atoms with Crippen molar-refractivity contribution < 1.29 is 9.63 Å². The van der Waals surface area contributed by atoms with E-state index in [9.17, 15) is 5.11 Å². The van der Waals surface area contributed by atoms with Crippen LogP contribution in [0.25, 0.3) is 22.4 Å². The van der Waals surface area contributed by atoms with Crippen molar-refractivity contribution >= 4 is 16.6 Å². The molecule has 0 atom stereocenters. The molecule has 5 nitrogen and oxygen atoms in total. The summed E-state index contributed by atoms with van der Waals surface area (Å²) >= 11 is 0. The number of aromatic nitrogens is 2. The van der Waals surface area contributed by atoms with Crippen molar-refractivity contribution in [3.05, 3.63) is 30.5 Å². The van der Waals surface area contributed by atoms with Crippen LogP contribution in [-0.2, 0) is 7.05 Å². The maximum atomic E-state index is 9.48. The fourth-order valence-electron chi connectivity index (χ4n) is 1.98. The van der Waals surface area contributed by atoms with Crippen molar-refractivity contribution in [1.29, 1.82) is 0 Å². The normalized spacial score (nSPS) is 11.1. The molecule has 5 heteroatoms. The Balaban J connectivity index is 2.32. The molecule has 0 radical (unpaired) electrons. The summed E-state index contributed by atoms with van der Waals surface area (Å²) in [6.07, 6.45) is 1.48. The van der Waals surface area contributed by atoms with Crippen LogP contribution in [0.3, 0.4) is 0 Å². The number of aryl methyl sites for hydroxylation is 1. The van der Waals surface area contributed by atoms with Gasteiger partial charge < -0.3 is 19.9 Å². The highest BCUT2D eigenvalue weighted by molar-refractivity contribution is 5.88. The molecule has 86 valence electrons. The van der Waals surface area contributed by atoms with Crippen LogP contribution in [0.4, 0.5) is 5.69 Å². The van der Waals surface area contributed by atoms with E-state index in [4.69, 9.17) is 10.3 Å². The maximum Gasteiger partial charge on any atom is 0.206 e. The van der Waals surface area contributed by atoms with Gasteiger partial charge in [0.05, 0.1) is 17.4 Å². The number of aromatic hydroxyl groups is 1. The number of nitrogen functional groups attached to an aromatic ring is 1. The van der Waals surface area contributed by atoms with Crippen LogP contribution in [0.5, 0.6) is 5.75 Å². The molecule has 3 N–H and O–H groups in total. The van der Waals surface area contributed by atoms with E-state index in [1.165, 1.54) is 6.20 Å². The van der Waals surface area contributed by atoms with E-state index in [-0.39, 0.29) is 5.75 Å². The van der Waals surface area contributed by atoms with E-state index in [1.54, 1.807) is 12.1 Å². The third-order valence-corrected chi connectivity index (χ3v) is 2.86. The Morgan fingerprint density at radius 1 is 1.35 bits per heavy atom. The minimum absolute atomic E-state index is 0.232. The van der Waals surface area contributed by atoms with Crippen LogP contribution in [0.2, 0.25) is 0 Å². The Hall–Kier alpha value is -2.43. The number of phenols is 1. The molecule has 0 saturated carbocycles.